The summed E-state index contributed by atoms with van der Waals surface area (Å²) in [6.07, 6.45) is 0. The number of rotatable bonds is 6. The molecule has 0 aliphatic carbocycles. The van der Waals surface area contributed by atoms with Crippen molar-refractivity contribution < 1.29 is 4.39 Å². The third-order valence-corrected chi connectivity index (χ3v) is 3.52. The number of anilines is 1. The first-order valence-corrected chi connectivity index (χ1v) is 7.36. The van der Waals surface area contributed by atoms with Crippen LogP contribution in [0.2, 0.25) is 0 Å². The summed E-state index contributed by atoms with van der Waals surface area (Å²) in [7, 11) is 1.94. The topological polar surface area (TPSA) is 15.3 Å². The number of para-hydroxylation sites is 1. The second kappa shape index (κ2) is 7.23. The van der Waals surface area contributed by atoms with E-state index in [2.05, 4.69) is 37.4 Å². The van der Waals surface area contributed by atoms with Crippen molar-refractivity contribution in [3.05, 3.63) is 65.0 Å². The first-order chi connectivity index (χ1) is 10.1. The van der Waals surface area contributed by atoms with E-state index in [1.807, 2.05) is 24.1 Å². The van der Waals surface area contributed by atoms with Crippen LogP contribution in [0.15, 0.2) is 42.5 Å². The van der Waals surface area contributed by atoms with Gasteiger partial charge in [0.05, 0.1) is 5.69 Å². The highest BCUT2D eigenvalue weighted by Crippen LogP contribution is 2.25. The fourth-order valence-corrected chi connectivity index (χ4v) is 2.55. The van der Waals surface area contributed by atoms with Crippen LogP contribution in [0.1, 0.15) is 23.6 Å². The molecule has 0 amide bonds. The molecule has 0 saturated carbocycles. The summed E-state index contributed by atoms with van der Waals surface area (Å²) >= 11 is 0. The number of halogens is 1. The van der Waals surface area contributed by atoms with Gasteiger partial charge in [0.25, 0.3) is 0 Å². The second-order valence-corrected chi connectivity index (χ2v) is 5.37. The molecule has 2 rings (SSSR count). The maximum Gasteiger partial charge on any atom is 0.146 e. The smallest absolute Gasteiger partial charge is 0.146 e. The van der Waals surface area contributed by atoms with Crippen molar-refractivity contribution in [3.63, 3.8) is 0 Å². The summed E-state index contributed by atoms with van der Waals surface area (Å²) in [4.78, 5) is 1.98. The van der Waals surface area contributed by atoms with Gasteiger partial charge >= 0.3 is 0 Å². The quantitative estimate of drug-likeness (QED) is 0.867. The normalized spacial score (nSPS) is 10.7. The number of hydrogen-bond donors (Lipinski definition) is 1. The van der Waals surface area contributed by atoms with Gasteiger partial charge in [0.2, 0.25) is 0 Å². The molecule has 21 heavy (non-hydrogen) atoms. The van der Waals surface area contributed by atoms with Crippen molar-refractivity contribution in [1.82, 2.24) is 5.32 Å². The molecule has 2 nitrogen and oxygen atoms in total. The highest BCUT2D eigenvalue weighted by Gasteiger charge is 2.13. The van der Waals surface area contributed by atoms with Crippen LogP contribution in [0.3, 0.4) is 0 Å². The van der Waals surface area contributed by atoms with Gasteiger partial charge in [-0.3, -0.25) is 0 Å². The van der Waals surface area contributed by atoms with Gasteiger partial charge in [0.15, 0.2) is 0 Å². The third-order valence-electron chi connectivity index (χ3n) is 3.52. The van der Waals surface area contributed by atoms with Crippen LogP contribution in [-0.2, 0) is 13.1 Å². The van der Waals surface area contributed by atoms with Crippen molar-refractivity contribution >= 4 is 5.69 Å². The summed E-state index contributed by atoms with van der Waals surface area (Å²) in [6.45, 7) is 6.37. The van der Waals surface area contributed by atoms with Crippen molar-refractivity contribution in [2.24, 2.45) is 0 Å². The summed E-state index contributed by atoms with van der Waals surface area (Å²) < 4.78 is 14.2. The van der Waals surface area contributed by atoms with Crippen molar-refractivity contribution in [3.8, 4) is 0 Å². The van der Waals surface area contributed by atoms with E-state index < -0.39 is 0 Å². The Kier molecular flexibility index (Phi) is 5.34. The molecule has 0 aromatic heterocycles. The number of nitrogens with zero attached hydrogens (tertiary/aromatic N) is 1. The highest BCUT2D eigenvalue weighted by molar-refractivity contribution is 5.54. The fraction of sp³-hybridized carbons (Fsp3) is 0.333. The Morgan fingerprint density at radius 1 is 1.14 bits per heavy atom. The van der Waals surface area contributed by atoms with Crippen molar-refractivity contribution in [2.45, 2.75) is 26.9 Å². The lowest BCUT2D eigenvalue weighted by molar-refractivity contribution is 0.615. The van der Waals surface area contributed by atoms with Gasteiger partial charge in [-0.1, -0.05) is 48.9 Å². The van der Waals surface area contributed by atoms with Gasteiger partial charge < -0.3 is 10.2 Å². The summed E-state index contributed by atoms with van der Waals surface area (Å²) in [5.74, 6) is -0.166. The first-order valence-electron chi connectivity index (χ1n) is 7.36. The molecule has 2 aromatic rings. The Morgan fingerprint density at radius 2 is 1.90 bits per heavy atom. The zero-order valence-corrected chi connectivity index (χ0v) is 13.0. The third kappa shape index (κ3) is 4.05. The molecule has 112 valence electrons. The highest BCUT2D eigenvalue weighted by atomic mass is 19.1. The van der Waals surface area contributed by atoms with Crippen molar-refractivity contribution in [2.75, 3.05) is 18.5 Å². The van der Waals surface area contributed by atoms with Crippen LogP contribution in [0, 0.1) is 12.7 Å². The van der Waals surface area contributed by atoms with E-state index in [-0.39, 0.29) is 5.82 Å². The van der Waals surface area contributed by atoms with Gasteiger partial charge in [-0.2, -0.15) is 0 Å². The zero-order chi connectivity index (χ0) is 15.2. The fourth-order valence-electron chi connectivity index (χ4n) is 2.55. The van der Waals surface area contributed by atoms with Crippen LogP contribution >= 0.6 is 0 Å². The van der Waals surface area contributed by atoms with Crippen LogP contribution in [0.25, 0.3) is 0 Å². The Morgan fingerprint density at radius 3 is 2.62 bits per heavy atom. The van der Waals surface area contributed by atoms with E-state index >= 15 is 0 Å². The van der Waals surface area contributed by atoms with Crippen LogP contribution in [-0.4, -0.2) is 13.6 Å². The molecule has 0 bridgehead atoms. The molecule has 0 unspecified atom stereocenters. The molecule has 0 heterocycles. The summed E-state index contributed by atoms with van der Waals surface area (Å²) in [5, 5.41) is 3.27. The van der Waals surface area contributed by atoms with E-state index in [4.69, 9.17) is 0 Å². The molecule has 0 fully saturated rings. The number of aryl methyl sites for hydroxylation is 1. The predicted molar refractivity (Wildman–Crippen MR) is 87.1 cm³/mol. The zero-order valence-electron chi connectivity index (χ0n) is 13.0. The molecule has 0 aliphatic heterocycles. The van der Waals surface area contributed by atoms with Crippen LogP contribution in [0.4, 0.5) is 10.1 Å². The van der Waals surface area contributed by atoms with Gasteiger partial charge in [0, 0.05) is 20.1 Å². The molecule has 0 saturated heterocycles. The SMILES string of the molecule is CCNCc1cccc(F)c1N(C)Cc1cccc(C)c1. The molecule has 0 spiro atoms. The average Bonchev–Trinajstić information content (AvgIpc) is 2.45. The Balaban J connectivity index is 2.23. The minimum Gasteiger partial charge on any atom is -0.368 e. The predicted octanol–water partition coefficient (Wildman–Crippen LogP) is 3.88. The molecular weight excluding hydrogens is 263 g/mol. The molecule has 0 atom stereocenters. The lowest BCUT2D eigenvalue weighted by atomic mass is 10.1. The van der Waals surface area contributed by atoms with E-state index in [1.165, 1.54) is 17.2 Å². The Bertz CT molecular complexity index is 596. The largest absolute Gasteiger partial charge is 0.368 e. The molecule has 0 aliphatic rings. The minimum absolute atomic E-state index is 0.166. The maximum atomic E-state index is 14.2. The average molecular weight is 286 g/mol. The standard InChI is InChI=1S/C18H23FN2/c1-4-20-12-16-9-6-10-17(19)18(16)21(3)13-15-8-5-7-14(2)11-15/h5-11,20H,4,12-13H2,1-3H3. The van der Waals surface area contributed by atoms with Gasteiger partial charge in [-0.25, -0.2) is 4.39 Å². The van der Waals surface area contributed by atoms with E-state index in [0.717, 1.165) is 12.1 Å². The lowest BCUT2D eigenvalue weighted by Gasteiger charge is -2.23. The van der Waals surface area contributed by atoms with Crippen molar-refractivity contribution in [1.29, 1.82) is 0 Å². The molecule has 2 aromatic carbocycles. The molecular formula is C18H23FN2. The lowest BCUT2D eigenvalue weighted by Crippen LogP contribution is -2.22. The number of hydrogen-bond acceptors (Lipinski definition) is 2. The molecule has 3 heteroatoms. The molecule has 1 N–H and O–H groups in total. The minimum atomic E-state index is -0.166. The van der Waals surface area contributed by atoms with Crippen LogP contribution in [0.5, 0.6) is 0 Å². The van der Waals surface area contributed by atoms with E-state index in [1.54, 1.807) is 6.07 Å². The Labute approximate surface area is 126 Å². The Hall–Kier alpha value is -1.87. The van der Waals surface area contributed by atoms with Gasteiger partial charge in [-0.15, -0.1) is 0 Å². The molecule has 0 radical (unpaired) electrons. The second-order valence-electron chi connectivity index (χ2n) is 5.37. The monoisotopic (exact) mass is 286 g/mol. The van der Waals surface area contributed by atoms with Crippen LogP contribution < -0.4 is 10.2 Å². The van der Waals surface area contributed by atoms with E-state index in [9.17, 15) is 4.39 Å². The first kappa shape index (κ1) is 15.5. The number of nitrogens with one attached hydrogen (secondary N) is 1. The maximum absolute atomic E-state index is 14.2. The van der Waals surface area contributed by atoms with E-state index in [0.29, 0.717) is 18.8 Å². The number of benzene rings is 2. The van der Waals surface area contributed by atoms with Gasteiger partial charge in [0.1, 0.15) is 5.82 Å². The summed E-state index contributed by atoms with van der Waals surface area (Å²) in [6, 6.07) is 13.6. The summed E-state index contributed by atoms with van der Waals surface area (Å²) in [5.41, 5.74) is 4.09. The van der Waals surface area contributed by atoms with Gasteiger partial charge in [-0.05, 0) is 30.7 Å².